The molecule has 0 atom stereocenters. The number of ether oxygens (including phenoxy) is 1. The number of hydrogen-bond donors (Lipinski definition) is 1. The zero-order chi connectivity index (χ0) is 14.7. The second kappa shape index (κ2) is 6.00. The van der Waals surface area contributed by atoms with E-state index >= 15 is 0 Å². The Labute approximate surface area is 116 Å². The molecule has 1 aromatic heterocycles. The SMILES string of the molecule is Cc1cc(COc2c(F)cc(CCN)cc2F)n(C)n1. The molecule has 0 saturated carbocycles. The minimum atomic E-state index is -0.715. The van der Waals surface area contributed by atoms with E-state index in [-0.39, 0.29) is 12.4 Å². The lowest BCUT2D eigenvalue weighted by Gasteiger charge is -2.10. The zero-order valence-electron chi connectivity index (χ0n) is 11.5. The van der Waals surface area contributed by atoms with E-state index in [0.717, 1.165) is 11.4 Å². The molecule has 0 radical (unpaired) electrons. The molecule has 0 aliphatic rings. The molecule has 6 heteroatoms. The van der Waals surface area contributed by atoms with Crippen molar-refractivity contribution in [2.75, 3.05) is 6.54 Å². The van der Waals surface area contributed by atoms with Crippen LogP contribution in [0.2, 0.25) is 0 Å². The van der Waals surface area contributed by atoms with Crippen molar-refractivity contribution in [3.05, 3.63) is 46.8 Å². The molecule has 2 N–H and O–H groups in total. The van der Waals surface area contributed by atoms with Gasteiger partial charge in [0.2, 0.25) is 0 Å². The summed E-state index contributed by atoms with van der Waals surface area (Å²) in [6, 6.07) is 4.30. The highest BCUT2D eigenvalue weighted by Gasteiger charge is 2.13. The van der Waals surface area contributed by atoms with Gasteiger partial charge in [0.05, 0.1) is 11.4 Å². The van der Waals surface area contributed by atoms with Gasteiger partial charge >= 0.3 is 0 Å². The second-order valence-electron chi connectivity index (χ2n) is 4.62. The fourth-order valence-electron chi connectivity index (χ4n) is 2.01. The Morgan fingerprint density at radius 2 is 1.90 bits per heavy atom. The maximum Gasteiger partial charge on any atom is 0.191 e. The molecule has 0 spiro atoms. The number of aromatic nitrogens is 2. The van der Waals surface area contributed by atoms with Crippen LogP contribution in [0.25, 0.3) is 0 Å². The highest BCUT2D eigenvalue weighted by Crippen LogP contribution is 2.24. The molecule has 0 fully saturated rings. The average molecular weight is 281 g/mol. The Balaban J connectivity index is 2.15. The monoisotopic (exact) mass is 281 g/mol. The van der Waals surface area contributed by atoms with Crippen molar-refractivity contribution in [2.45, 2.75) is 20.0 Å². The molecular formula is C14H17F2N3O. The summed E-state index contributed by atoms with van der Waals surface area (Å²) in [6.07, 6.45) is 0.426. The quantitative estimate of drug-likeness (QED) is 0.913. The van der Waals surface area contributed by atoms with Crippen molar-refractivity contribution in [1.29, 1.82) is 0 Å². The average Bonchev–Trinajstić information content (AvgIpc) is 2.67. The van der Waals surface area contributed by atoms with Crippen LogP contribution < -0.4 is 10.5 Å². The van der Waals surface area contributed by atoms with Crippen molar-refractivity contribution in [2.24, 2.45) is 12.8 Å². The van der Waals surface area contributed by atoms with Crippen LogP contribution >= 0.6 is 0 Å². The first-order valence-corrected chi connectivity index (χ1v) is 6.31. The molecule has 20 heavy (non-hydrogen) atoms. The van der Waals surface area contributed by atoms with Gasteiger partial charge in [0.1, 0.15) is 6.61 Å². The third-order valence-corrected chi connectivity index (χ3v) is 2.95. The molecule has 0 saturated heterocycles. The van der Waals surface area contributed by atoms with Crippen LogP contribution in [0.1, 0.15) is 17.0 Å². The van der Waals surface area contributed by atoms with Gasteiger partial charge in [0.25, 0.3) is 0 Å². The van der Waals surface area contributed by atoms with Crippen molar-refractivity contribution in [3.8, 4) is 5.75 Å². The molecule has 2 rings (SSSR count). The lowest BCUT2D eigenvalue weighted by Crippen LogP contribution is -2.07. The Morgan fingerprint density at radius 3 is 2.40 bits per heavy atom. The predicted octanol–water partition coefficient (Wildman–Crippen LogP) is 2.09. The zero-order valence-corrected chi connectivity index (χ0v) is 11.5. The van der Waals surface area contributed by atoms with Crippen molar-refractivity contribution < 1.29 is 13.5 Å². The van der Waals surface area contributed by atoms with Gasteiger partial charge < -0.3 is 10.5 Å². The van der Waals surface area contributed by atoms with E-state index in [4.69, 9.17) is 10.5 Å². The van der Waals surface area contributed by atoms with Crippen LogP contribution in [-0.2, 0) is 20.1 Å². The first kappa shape index (κ1) is 14.5. The number of nitrogens with two attached hydrogens (primary N) is 1. The summed E-state index contributed by atoms with van der Waals surface area (Å²) in [6.45, 7) is 2.24. The van der Waals surface area contributed by atoms with E-state index in [0.29, 0.717) is 18.5 Å². The van der Waals surface area contributed by atoms with Crippen LogP contribution in [0.3, 0.4) is 0 Å². The molecule has 108 valence electrons. The molecule has 1 aromatic carbocycles. The summed E-state index contributed by atoms with van der Waals surface area (Å²) >= 11 is 0. The fourth-order valence-corrected chi connectivity index (χ4v) is 2.01. The normalized spacial score (nSPS) is 10.8. The summed E-state index contributed by atoms with van der Waals surface area (Å²) in [5.41, 5.74) is 7.45. The van der Waals surface area contributed by atoms with Gasteiger partial charge in [-0.15, -0.1) is 0 Å². The minimum Gasteiger partial charge on any atom is -0.481 e. The Kier molecular flexibility index (Phi) is 4.34. The maximum absolute atomic E-state index is 13.8. The van der Waals surface area contributed by atoms with E-state index in [1.807, 2.05) is 6.92 Å². The molecule has 0 bridgehead atoms. The fraction of sp³-hybridized carbons (Fsp3) is 0.357. The number of rotatable bonds is 5. The summed E-state index contributed by atoms with van der Waals surface area (Å²) < 4.78 is 34.5. The van der Waals surface area contributed by atoms with Gasteiger partial charge in [0.15, 0.2) is 17.4 Å². The Bertz CT molecular complexity index is 587. The van der Waals surface area contributed by atoms with Crippen LogP contribution in [0.4, 0.5) is 8.78 Å². The van der Waals surface area contributed by atoms with E-state index in [1.165, 1.54) is 12.1 Å². The Hall–Kier alpha value is -1.95. The third kappa shape index (κ3) is 3.14. The highest BCUT2D eigenvalue weighted by molar-refractivity contribution is 5.31. The number of nitrogens with zero attached hydrogens (tertiary/aromatic N) is 2. The molecule has 0 aliphatic carbocycles. The van der Waals surface area contributed by atoms with Gasteiger partial charge in [-0.05, 0) is 43.7 Å². The molecule has 2 aromatic rings. The standard InChI is InChI=1S/C14H17F2N3O/c1-9-5-11(19(2)18-9)8-20-14-12(15)6-10(3-4-17)7-13(14)16/h5-7H,3-4,8,17H2,1-2H3. The molecule has 4 nitrogen and oxygen atoms in total. The molecule has 0 aliphatic heterocycles. The summed E-state index contributed by atoms with van der Waals surface area (Å²) in [5, 5.41) is 4.14. The number of hydrogen-bond acceptors (Lipinski definition) is 3. The van der Waals surface area contributed by atoms with Gasteiger partial charge in [0, 0.05) is 7.05 Å². The van der Waals surface area contributed by atoms with Crippen molar-refractivity contribution in [1.82, 2.24) is 9.78 Å². The maximum atomic E-state index is 13.8. The van der Waals surface area contributed by atoms with E-state index in [9.17, 15) is 8.78 Å². The molecule has 0 amide bonds. The predicted molar refractivity (Wildman–Crippen MR) is 71.4 cm³/mol. The van der Waals surface area contributed by atoms with Crippen LogP contribution in [-0.4, -0.2) is 16.3 Å². The van der Waals surface area contributed by atoms with Gasteiger partial charge in [-0.2, -0.15) is 5.10 Å². The van der Waals surface area contributed by atoms with Gasteiger partial charge in [-0.3, -0.25) is 4.68 Å². The van der Waals surface area contributed by atoms with Crippen LogP contribution in [0.15, 0.2) is 18.2 Å². The van der Waals surface area contributed by atoms with Crippen molar-refractivity contribution >= 4 is 0 Å². The minimum absolute atomic E-state index is 0.0570. The smallest absolute Gasteiger partial charge is 0.191 e. The molecule has 0 unspecified atom stereocenters. The van der Waals surface area contributed by atoms with Crippen LogP contribution in [0, 0.1) is 18.6 Å². The van der Waals surface area contributed by atoms with Gasteiger partial charge in [-0.25, -0.2) is 8.78 Å². The van der Waals surface area contributed by atoms with E-state index in [1.54, 1.807) is 17.8 Å². The third-order valence-electron chi connectivity index (χ3n) is 2.95. The number of benzene rings is 1. The van der Waals surface area contributed by atoms with E-state index in [2.05, 4.69) is 5.10 Å². The summed E-state index contributed by atoms with van der Waals surface area (Å²) in [4.78, 5) is 0. The number of aryl methyl sites for hydroxylation is 2. The first-order chi connectivity index (χ1) is 9.51. The highest BCUT2D eigenvalue weighted by atomic mass is 19.1. The van der Waals surface area contributed by atoms with Crippen molar-refractivity contribution in [3.63, 3.8) is 0 Å². The largest absolute Gasteiger partial charge is 0.481 e. The molecular weight excluding hydrogens is 264 g/mol. The lowest BCUT2D eigenvalue weighted by atomic mass is 10.1. The first-order valence-electron chi connectivity index (χ1n) is 6.31. The number of halogens is 2. The van der Waals surface area contributed by atoms with E-state index < -0.39 is 11.6 Å². The van der Waals surface area contributed by atoms with Gasteiger partial charge in [-0.1, -0.05) is 0 Å². The lowest BCUT2D eigenvalue weighted by molar-refractivity contribution is 0.265. The van der Waals surface area contributed by atoms with Crippen LogP contribution in [0.5, 0.6) is 5.75 Å². The topological polar surface area (TPSA) is 53.1 Å². The Morgan fingerprint density at radius 1 is 1.25 bits per heavy atom. The summed E-state index contributed by atoms with van der Waals surface area (Å²) in [7, 11) is 1.75. The second-order valence-corrected chi connectivity index (χ2v) is 4.62. The summed E-state index contributed by atoms with van der Waals surface area (Å²) in [5.74, 6) is -1.80. The molecule has 1 heterocycles.